The average Bonchev–Trinajstić information content (AvgIpc) is 3.19. The number of aliphatic hydroxyl groups excluding tert-OH is 1. The third-order valence-electron chi connectivity index (χ3n) is 3.93. The van der Waals surface area contributed by atoms with Gasteiger partial charge in [-0.15, -0.1) is 0 Å². The Labute approximate surface area is 117 Å². The second-order valence-electron chi connectivity index (χ2n) is 6.34. The minimum atomic E-state index is -0.353. The van der Waals surface area contributed by atoms with Crippen LogP contribution in [-0.4, -0.2) is 29.1 Å². The van der Waals surface area contributed by atoms with Gasteiger partial charge in [0.2, 0.25) is 0 Å². The molecule has 2 rings (SSSR count). The summed E-state index contributed by atoms with van der Waals surface area (Å²) >= 11 is 0. The van der Waals surface area contributed by atoms with Gasteiger partial charge in [-0.2, -0.15) is 0 Å². The van der Waals surface area contributed by atoms with Crippen LogP contribution >= 0.6 is 0 Å². The molecular weight excluding hydrogens is 234 g/mol. The molecule has 2 heteroatoms. The van der Waals surface area contributed by atoms with Crippen molar-refractivity contribution < 1.29 is 5.11 Å². The lowest BCUT2D eigenvalue weighted by molar-refractivity contribution is 0.105. The Balaban J connectivity index is 1.90. The van der Waals surface area contributed by atoms with Crippen LogP contribution < -0.4 is 0 Å². The van der Waals surface area contributed by atoms with E-state index >= 15 is 0 Å². The standard InChI is InChI=1S/C17H27NO/c1-13(2)10-11-18(16-8-9-16)12-17(19)15-6-4-14(3)5-7-15/h4-7,13,16-17,19H,8-12H2,1-3H3. The highest BCUT2D eigenvalue weighted by molar-refractivity contribution is 5.23. The first-order valence-electron chi connectivity index (χ1n) is 7.55. The number of aryl methyl sites for hydroxylation is 1. The van der Waals surface area contributed by atoms with Gasteiger partial charge < -0.3 is 5.11 Å². The molecule has 1 aliphatic carbocycles. The molecule has 0 heterocycles. The van der Waals surface area contributed by atoms with E-state index in [9.17, 15) is 5.11 Å². The van der Waals surface area contributed by atoms with Gasteiger partial charge in [0.1, 0.15) is 0 Å². The smallest absolute Gasteiger partial charge is 0.0917 e. The monoisotopic (exact) mass is 261 g/mol. The number of rotatable bonds is 7. The van der Waals surface area contributed by atoms with Crippen molar-refractivity contribution in [3.05, 3.63) is 35.4 Å². The van der Waals surface area contributed by atoms with Crippen LogP contribution in [0.4, 0.5) is 0 Å². The number of hydrogen-bond donors (Lipinski definition) is 1. The summed E-state index contributed by atoms with van der Waals surface area (Å²) in [6.07, 6.45) is 3.47. The molecule has 0 aromatic heterocycles. The highest BCUT2D eigenvalue weighted by atomic mass is 16.3. The summed E-state index contributed by atoms with van der Waals surface area (Å²) < 4.78 is 0. The van der Waals surface area contributed by atoms with Crippen molar-refractivity contribution in [2.45, 2.75) is 52.2 Å². The van der Waals surface area contributed by atoms with Gasteiger partial charge in [0, 0.05) is 12.6 Å². The first-order chi connectivity index (χ1) is 9.06. The van der Waals surface area contributed by atoms with E-state index < -0.39 is 0 Å². The topological polar surface area (TPSA) is 23.5 Å². The van der Waals surface area contributed by atoms with Gasteiger partial charge >= 0.3 is 0 Å². The van der Waals surface area contributed by atoms with Gasteiger partial charge in [-0.3, -0.25) is 4.90 Å². The van der Waals surface area contributed by atoms with Crippen LogP contribution in [0.2, 0.25) is 0 Å². The fourth-order valence-corrected chi connectivity index (χ4v) is 2.40. The molecule has 0 spiro atoms. The van der Waals surface area contributed by atoms with E-state index in [1.807, 2.05) is 12.1 Å². The maximum absolute atomic E-state index is 10.4. The summed E-state index contributed by atoms with van der Waals surface area (Å²) in [7, 11) is 0. The molecule has 0 amide bonds. The summed E-state index contributed by atoms with van der Waals surface area (Å²) in [5, 5.41) is 10.4. The van der Waals surface area contributed by atoms with Crippen LogP contribution in [-0.2, 0) is 0 Å². The van der Waals surface area contributed by atoms with Crippen molar-refractivity contribution in [2.24, 2.45) is 5.92 Å². The first kappa shape index (κ1) is 14.5. The number of hydrogen-bond acceptors (Lipinski definition) is 2. The first-order valence-corrected chi connectivity index (χ1v) is 7.55. The molecule has 0 bridgehead atoms. The Kier molecular flexibility index (Phi) is 5.00. The summed E-state index contributed by atoms with van der Waals surface area (Å²) in [5.74, 6) is 0.734. The van der Waals surface area contributed by atoms with E-state index in [0.29, 0.717) is 0 Å². The zero-order valence-electron chi connectivity index (χ0n) is 12.5. The number of benzene rings is 1. The van der Waals surface area contributed by atoms with Gasteiger partial charge in [-0.1, -0.05) is 43.7 Å². The fourth-order valence-electron chi connectivity index (χ4n) is 2.40. The van der Waals surface area contributed by atoms with Gasteiger partial charge in [0.05, 0.1) is 6.10 Å². The lowest BCUT2D eigenvalue weighted by Crippen LogP contribution is -2.32. The number of aliphatic hydroxyl groups is 1. The van der Waals surface area contributed by atoms with Gasteiger partial charge in [0.25, 0.3) is 0 Å². The van der Waals surface area contributed by atoms with Crippen LogP contribution in [0.25, 0.3) is 0 Å². The lowest BCUT2D eigenvalue weighted by Gasteiger charge is -2.26. The van der Waals surface area contributed by atoms with Crippen molar-refractivity contribution in [3.63, 3.8) is 0 Å². The van der Waals surface area contributed by atoms with Gasteiger partial charge in [-0.05, 0) is 44.2 Å². The average molecular weight is 261 g/mol. The molecule has 1 aromatic carbocycles. The van der Waals surface area contributed by atoms with Crippen LogP contribution in [0.5, 0.6) is 0 Å². The molecular formula is C17H27NO. The highest BCUT2D eigenvalue weighted by Gasteiger charge is 2.30. The van der Waals surface area contributed by atoms with Gasteiger partial charge in [-0.25, -0.2) is 0 Å². The van der Waals surface area contributed by atoms with Crippen LogP contribution in [0.3, 0.4) is 0 Å². The molecule has 1 unspecified atom stereocenters. The van der Waals surface area contributed by atoms with E-state index in [2.05, 4.69) is 37.8 Å². The molecule has 2 nitrogen and oxygen atoms in total. The molecule has 0 radical (unpaired) electrons. The molecule has 1 aliphatic rings. The van der Waals surface area contributed by atoms with Crippen LogP contribution in [0.1, 0.15) is 50.3 Å². The lowest BCUT2D eigenvalue weighted by atomic mass is 10.1. The Bertz CT molecular complexity index is 381. The van der Waals surface area contributed by atoms with E-state index in [1.54, 1.807) is 0 Å². The maximum atomic E-state index is 10.4. The van der Waals surface area contributed by atoms with E-state index in [-0.39, 0.29) is 6.10 Å². The van der Waals surface area contributed by atoms with Crippen molar-refractivity contribution >= 4 is 0 Å². The maximum Gasteiger partial charge on any atom is 0.0917 e. The van der Waals surface area contributed by atoms with Crippen LogP contribution in [0, 0.1) is 12.8 Å². The molecule has 1 saturated carbocycles. The highest BCUT2D eigenvalue weighted by Crippen LogP contribution is 2.29. The molecule has 0 saturated heterocycles. The van der Waals surface area contributed by atoms with Crippen LogP contribution in [0.15, 0.2) is 24.3 Å². The van der Waals surface area contributed by atoms with E-state index in [1.165, 1.54) is 24.8 Å². The molecule has 1 aromatic rings. The third-order valence-corrected chi connectivity index (χ3v) is 3.93. The summed E-state index contributed by atoms with van der Waals surface area (Å²) in [6, 6.07) is 8.97. The van der Waals surface area contributed by atoms with Crippen molar-refractivity contribution in [2.75, 3.05) is 13.1 Å². The summed E-state index contributed by atoms with van der Waals surface area (Å²) in [6.45, 7) is 8.50. The molecule has 1 N–H and O–H groups in total. The predicted octanol–water partition coefficient (Wildman–Crippen LogP) is 3.54. The van der Waals surface area contributed by atoms with Crippen molar-refractivity contribution in [1.82, 2.24) is 4.90 Å². The van der Waals surface area contributed by atoms with E-state index in [0.717, 1.165) is 30.6 Å². The molecule has 0 aliphatic heterocycles. The molecule has 1 fully saturated rings. The SMILES string of the molecule is Cc1ccc(C(O)CN(CCC(C)C)C2CC2)cc1. The Hall–Kier alpha value is -0.860. The summed E-state index contributed by atoms with van der Waals surface area (Å²) in [5.41, 5.74) is 2.29. The third kappa shape index (κ3) is 4.63. The zero-order chi connectivity index (χ0) is 13.8. The van der Waals surface area contributed by atoms with Gasteiger partial charge in [0.15, 0.2) is 0 Å². The molecule has 106 valence electrons. The quantitative estimate of drug-likeness (QED) is 0.811. The second kappa shape index (κ2) is 6.53. The number of nitrogens with zero attached hydrogens (tertiary/aromatic N) is 1. The molecule has 1 atom stereocenters. The largest absolute Gasteiger partial charge is 0.387 e. The van der Waals surface area contributed by atoms with Crippen molar-refractivity contribution in [1.29, 1.82) is 0 Å². The second-order valence-corrected chi connectivity index (χ2v) is 6.34. The Morgan fingerprint density at radius 3 is 2.37 bits per heavy atom. The molecule has 19 heavy (non-hydrogen) atoms. The minimum Gasteiger partial charge on any atom is -0.387 e. The van der Waals surface area contributed by atoms with E-state index in [4.69, 9.17) is 0 Å². The fraction of sp³-hybridized carbons (Fsp3) is 0.647. The normalized spacial score (nSPS) is 17.2. The predicted molar refractivity (Wildman–Crippen MR) is 80.2 cm³/mol. The Morgan fingerprint density at radius 1 is 1.21 bits per heavy atom. The van der Waals surface area contributed by atoms with Crippen molar-refractivity contribution in [3.8, 4) is 0 Å². The summed E-state index contributed by atoms with van der Waals surface area (Å²) in [4.78, 5) is 2.48. The minimum absolute atomic E-state index is 0.353. The Morgan fingerprint density at radius 2 is 1.84 bits per heavy atom. The zero-order valence-corrected chi connectivity index (χ0v) is 12.5.